The van der Waals surface area contributed by atoms with Crippen LogP contribution in [0.1, 0.15) is 0 Å². The van der Waals surface area contributed by atoms with Gasteiger partial charge in [-0.15, -0.1) is 0 Å². The number of hydrogen-bond acceptors (Lipinski definition) is 4. The van der Waals surface area contributed by atoms with E-state index in [0.29, 0.717) is 22.5 Å². The Morgan fingerprint density at radius 2 is 1.95 bits per heavy atom. The van der Waals surface area contributed by atoms with Crippen molar-refractivity contribution < 1.29 is 4.42 Å². The van der Waals surface area contributed by atoms with Crippen LogP contribution in [-0.4, -0.2) is 4.98 Å². The zero-order chi connectivity index (χ0) is 14.3. The van der Waals surface area contributed by atoms with Gasteiger partial charge in [-0.2, -0.15) is 0 Å². The molecule has 0 aliphatic carbocycles. The molecule has 0 aliphatic heterocycles. The van der Waals surface area contributed by atoms with E-state index < -0.39 is 5.76 Å². The molecule has 0 saturated heterocycles. The lowest BCUT2D eigenvalue weighted by Gasteiger charge is -2.11. The molecule has 7 heteroatoms. The van der Waals surface area contributed by atoms with Crippen LogP contribution >= 0.6 is 31.9 Å². The minimum Gasteiger partial charge on any atom is -0.408 e. The fourth-order valence-corrected chi connectivity index (χ4v) is 2.57. The Labute approximate surface area is 130 Å². The van der Waals surface area contributed by atoms with Crippen LogP contribution < -0.4 is 16.8 Å². The highest BCUT2D eigenvalue weighted by Crippen LogP contribution is 2.32. The fourth-order valence-electron chi connectivity index (χ4n) is 1.86. The lowest BCUT2D eigenvalue weighted by Crippen LogP contribution is -1.97. The first-order valence-corrected chi connectivity index (χ1v) is 7.26. The number of halogens is 2. The van der Waals surface area contributed by atoms with Gasteiger partial charge in [-0.05, 0) is 40.2 Å². The van der Waals surface area contributed by atoms with Gasteiger partial charge in [0.05, 0.1) is 22.6 Å². The summed E-state index contributed by atoms with van der Waals surface area (Å²) >= 11 is 6.88. The molecule has 20 heavy (non-hydrogen) atoms. The predicted molar refractivity (Wildman–Crippen MR) is 86.4 cm³/mol. The van der Waals surface area contributed by atoms with Crippen LogP contribution in [-0.2, 0) is 0 Å². The molecular weight excluding hydrogens is 390 g/mol. The summed E-state index contributed by atoms with van der Waals surface area (Å²) in [7, 11) is 0. The molecule has 0 fully saturated rings. The van der Waals surface area contributed by atoms with Crippen molar-refractivity contribution in [2.24, 2.45) is 0 Å². The van der Waals surface area contributed by atoms with Gasteiger partial charge in [-0.25, -0.2) is 4.79 Å². The topological polar surface area (TPSA) is 84.0 Å². The molecule has 0 amide bonds. The van der Waals surface area contributed by atoms with Gasteiger partial charge in [0.1, 0.15) is 0 Å². The van der Waals surface area contributed by atoms with Crippen LogP contribution in [0.4, 0.5) is 17.1 Å². The Hall–Kier alpha value is -1.73. The number of hydrogen-bond donors (Lipinski definition) is 3. The van der Waals surface area contributed by atoms with Crippen molar-refractivity contribution in [3.8, 4) is 0 Å². The fraction of sp³-hybridized carbons (Fsp3) is 0. The van der Waals surface area contributed by atoms with Crippen LogP contribution in [0.25, 0.3) is 11.1 Å². The molecule has 1 heterocycles. The summed E-state index contributed by atoms with van der Waals surface area (Å²) in [5.74, 6) is -0.500. The highest BCUT2D eigenvalue weighted by molar-refractivity contribution is 9.11. The molecule has 0 unspecified atom stereocenters. The number of nitrogens with two attached hydrogens (primary N) is 1. The second kappa shape index (κ2) is 4.99. The molecule has 4 N–H and O–H groups in total. The molecule has 5 nitrogen and oxygen atoms in total. The first-order valence-electron chi connectivity index (χ1n) is 5.67. The maximum atomic E-state index is 11.2. The number of aromatic nitrogens is 1. The Morgan fingerprint density at radius 3 is 2.75 bits per heavy atom. The van der Waals surface area contributed by atoms with E-state index in [1.165, 1.54) is 0 Å². The number of rotatable bonds is 2. The van der Waals surface area contributed by atoms with Crippen molar-refractivity contribution in [2.75, 3.05) is 11.1 Å². The largest absolute Gasteiger partial charge is 0.417 e. The molecule has 0 bridgehead atoms. The predicted octanol–water partition coefficient (Wildman–Crippen LogP) is 3.97. The summed E-state index contributed by atoms with van der Waals surface area (Å²) in [5.41, 5.74) is 9.04. The molecule has 0 aliphatic rings. The number of nitrogens with one attached hydrogen (secondary N) is 2. The van der Waals surface area contributed by atoms with Crippen LogP contribution in [0.3, 0.4) is 0 Å². The monoisotopic (exact) mass is 397 g/mol. The van der Waals surface area contributed by atoms with Crippen LogP contribution in [0, 0.1) is 0 Å². The Morgan fingerprint density at radius 1 is 1.15 bits per heavy atom. The van der Waals surface area contributed by atoms with Crippen LogP contribution in [0.15, 0.2) is 48.5 Å². The third kappa shape index (κ3) is 2.46. The molecule has 3 aromatic rings. The molecule has 0 spiro atoms. The van der Waals surface area contributed by atoms with E-state index in [2.05, 4.69) is 42.2 Å². The van der Waals surface area contributed by atoms with Gasteiger partial charge in [0, 0.05) is 15.0 Å². The summed E-state index contributed by atoms with van der Waals surface area (Å²) in [6.07, 6.45) is 0. The highest BCUT2D eigenvalue weighted by atomic mass is 79.9. The van der Waals surface area contributed by atoms with Crippen molar-refractivity contribution in [2.45, 2.75) is 0 Å². The quantitative estimate of drug-likeness (QED) is 0.570. The van der Waals surface area contributed by atoms with Gasteiger partial charge in [0.2, 0.25) is 0 Å². The van der Waals surface area contributed by atoms with E-state index >= 15 is 0 Å². The van der Waals surface area contributed by atoms with Gasteiger partial charge < -0.3 is 15.5 Å². The van der Waals surface area contributed by atoms with Crippen molar-refractivity contribution in [1.29, 1.82) is 0 Å². The second-order valence-electron chi connectivity index (χ2n) is 4.20. The first-order chi connectivity index (χ1) is 9.52. The summed E-state index contributed by atoms with van der Waals surface area (Å²) < 4.78 is 6.81. The average molecular weight is 399 g/mol. The SMILES string of the molecule is Nc1cc2oc(=O)[nH]c2cc1Nc1cc(Br)ccc1Br. The standard InChI is InChI=1S/C13H9Br2N3O2/c14-6-1-2-7(15)9(3-6)17-10-5-11-12(4-8(10)16)20-13(19)18-11/h1-5,17H,16H2,(H,18,19). The minimum atomic E-state index is -0.500. The number of aromatic amines is 1. The average Bonchev–Trinajstić information content (AvgIpc) is 2.73. The van der Waals surface area contributed by atoms with E-state index in [9.17, 15) is 4.79 Å². The van der Waals surface area contributed by atoms with Crippen molar-refractivity contribution in [1.82, 2.24) is 4.98 Å². The molecule has 102 valence electrons. The highest BCUT2D eigenvalue weighted by Gasteiger charge is 2.08. The van der Waals surface area contributed by atoms with Crippen molar-refractivity contribution in [3.05, 3.63) is 49.8 Å². The number of oxazole rings is 1. The molecule has 0 radical (unpaired) electrons. The third-order valence-corrected chi connectivity index (χ3v) is 3.97. The normalized spacial score (nSPS) is 10.9. The van der Waals surface area contributed by atoms with E-state index in [1.54, 1.807) is 12.1 Å². The lowest BCUT2D eigenvalue weighted by molar-refractivity contribution is 0.555. The third-order valence-electron chi connectivity index (χ3n) is 2.79. The van der Waals surface area contributed by atoms with Gasteiger partial charge in [-0.1, -0.05) is 15.9 Å². The van der Waals surface area contributed by atoms with Crippen LogP contribution in [0.5, 0.6) is 0 Å². The molecule has 3 rings (SSSR count). The molecule has 0 atom stereocenters. The van der Waals surface area contributed by atoms with E-state index in [1.807, 2.05) is 18.2 Å². The molecule has 2 aromatic carbocycles. The van der Waals surface area contributed by atoms with Gasteiger partial charge in [0.15, 0.2) is 5.58 Å². The number of fused-ring (bicyclic) bond motifs is 1. The minimum absolute atomic E-state index is 0.436. The summed E-state index contributed by atoms with van der Waals surface area (Å²) in [4.78, 5) is 13.8. The van der Waals surface area contributed by atoms with Gasteiger partial charge >= 0.3 is 5.76 Å². The maximum absolute atomic E-state index is 11.2. The molecule has 0 saturated carbocycles. The van der Waals surface area contributed by atoms with E-state index in [-0.39, 0.29) is 0 Å². The Bertz CT molecular complexity index is 854. The lowest BCUT2D eigenvalue weighted by atomic mass is 10.2. The zero-order valence-corrected chi connectivity index (χ0v) is 13.2. The second-order valence-corrected chi connectivity index (χ2v) is 5.97. The number of benzene rings is 2. The zero-order valence-electron chi connectivity index (χ0n) is 10.0. The number of H-pyrrole nitrogens is 1. The summed E-state index contributed by atoms with van der Waals surface area (Å²) in [6.45, 7) is 0. The van der Waals surface area contributed by atoms with Gasteiger partial charge in [-0.3, -0.25) is 4.98 Å². The number of nitrogen functional groups attached to an aromatic ring is 1. The van der Waals surface area contributed by atoms with Crippen LogP contribution in [0.2, 0.25) is 0 Å². The summed E-state index contributed by atoms with van der Waals surface area (Å²) in [6, 6.07) is 9.12. The first kappa shape index (κ1) is 13.3. The molecular formula is C13H9Br2N3O2. The van der Waals surface area contributed by atoms with Crippen molar-refractivity contribution in [3.63, 3.8) is 0 Å². The Balaban J connectivity index is 2.07. The maximum Gasteiger partial charge on any atom is 0.417 e. The molecule has 1 aromatic heterocycles. The summed E-state index contributed by atoms with van der Waals surface area (Å²) in [5, 5.41) is 3.22. The van der Waals surface area contributed by atoms with E-state index in [4.69, 9.17) is 10.2 Å². The van der Waals surface area contributed by atoms with Gasteiger partial charge in [0.25, 0.3) is 0 Å². The smallest absolute Gasteiger partial charge is 0.408 e. The van der Waals surface area contributed by atoms with Crippen molar-refractivity contribution >= 4 is 60.0 Å². The Kier molecular flexibility index (Phi) is 3.31. The number of anilines is 3. The van der Waals surface area contributed by atoms with E-state index in [0.717, 1.165) is 14.6 Å².